The number of benzene rings is 1. The Morgan fingerprint density at radius 3 is 1.95 bits per heavy atom. The summed E-state index contributed by atoms with van der Waals surface area (Å²) in [7, 11) is 1.54. The van der Waals surface area contributed by atoms with Crippen LogP contribution in [-0.2, 0) is 13.1 Å². The number of rotatable bonds is 13. The molecule has 1 aliphatic carbocycles. The van der Waals surface area contributed by atoms with Gasteiger partial charge in [-0.2, -0.15) is 10.5 Å². The average molecular weight is 910 g/mol. The standard InChI is InChI=1S/C27H21ClN4O4.C21H17ClN4O3/c1-4-5-19(16(2)28)23-11-21-24(36-23)25(33)32(26(34)31(21)15-27(14-29)8-9-27)22-13-30-12-17-6-7-18(35-3)10-20(17)22;1-4-6-16(14(3)22)18-10-17-19(29-18)20(27)26(15-9-13(2)11-24-12-15)21(28)25(17)8-5-7-23/h4-7,10-13H,1-2,8-9,15H2,3H3;4,6,9-12H,1,3,5,8H2,2H3/b19-5+;16-6+. The highest BCUT2D eigenvalue weighted by atomic mass is 35.5. The number of ether oxygens (including phenoxy) is 1. The Morgan fingerprint density at radius 2 is 1.42 bits per heavy atom. The van der Waals surface area contributed by atoms with Gasteiger partial charge in [0.25, 0.3) is 0 Å². The van der Waals surface area contributed by atoms with E-state index < -0.39 is 27.9 Å². The number of hydrogen-bond acceptors (Lipinski definition) is 11. The molecule has 0 unspecified atom stereocenters. The van der Waals surface area contributed by atoms with Crippen LogP contribution < -0.4 is 27.2 Å². The van der Waals surface area contributed by atoms with E-state index in [9.17, 15) is 24.4 Å². The molecule has 326 valence electrons. The Labute approximate surface area is 379 Å². The fourth-order valence-electron chi connectivity index (χ4n) is 7.23. The first-order valence-corrected chi connectivity index (χ1v) is 20.5. The number of nitrogens with zero attached hydrogens (tertiary/aromatic N) is 8. The second-order valence-electron chi connectivity index (χ2n) is 14.9. The molecule has 1 fully saturated rings. The molecule has 65 heavy (non-hydrogen) atoms. The molecule has 0 amide bonds. The van der Waals surface area contributed by atoms with E-state index in [1.54, 1.807) is 61.8 Å². The molecule has 17 heteroatoms. The van der Waals surface area contributed by atoms with E-state index in [4.69, 9.17) is 42.0 Å². The van der Waals surface area contributed by atoms with Crippen molar-refractivity contribution < 1.29 is 13.6 Å². The van der Waals surface area contributed by atoms with Crippen molar-refractivity contribution in [3.05, 3.63) is 181 Å². The summed E-state index contributed by atoms with van der Waals surface area (Å²) in [6, 6.07) is 14.4. The van der Waals surface area contributed by atoms with Crippen LogP contribution in [0.25, 0.3) is 55.5 Å². The van der Waals surface area contributed by atoms with Crippen molar-refractivity contribution in [3.8, 4) is 29.3 Å². The molecule has 15 nitrogen and oxygen atoms in total. The minimum Gasteiger partial charge on any atom is -0.497 e. The van der Waals surface area contributed by atoms with Crippen LogP contribution in [0.5, 0.6) is 5.75 Å². The summed E-state index contributed by atoms with van der Waals surface area (Å²) in [5.74, 6) is 1.08. The van der Waals surface area contributed by atoms with Crippen molar-refractivity contribution in [1.82, 2.24) is 28.2 Å². The van der Waals surface area contributed by atoms with Crippen molar-refractivity contribution >= 4 is 67.3 Å². The lowest BCUT2D eigenvalue weighted by Gasteiger charge is -2.15. The van der Waals surface area contributed by atoms with Crippen molar-refractivity contribution in [3.63, 3.8) is 0 Å². The number of aryl methyl sites for hydroxylation is 2. The lowest BCUT2D eigenvalue weighted by molar-refractivity contribution is 0.415. The molecule has 1 saturated carbocycles. The minimum atomic E-state index is -0.674. The van der Waals surface area contributed by atoms with Crippen LogP contribution in [0.3, 0.4) is 0 Å². The van der Waals surface area contributed by atoms with E-state index in [0.717, 1.165) is 20.1 Å². The van der Waals surface area contributed by atoms with Gasteiger partial charge in [0.15, 0.2) is 0 Å². The van der Waals surface area contributed by atoms with Crippen molar-refractivity contribution in [1.29, 1.82) is 10.5 Å². The SMILES string of the molecule is C=C/C=C(\C(=C)Cl)c1cc2c(o1)c(=O)n(-c1cncc(C)c1)c(=O)n2CCC#N.C=C/C=C(\C(=C)Cl)c1cc2c(o1)c(=O)n(-c1cncc3ccc(OC)cc13)c(=O)n2CC1(C#N)CC1. The Kier molecular flexibility index (Phi) is 12.7. The number of nitriles is 2. The molecule has 1 aliphatic rings. The molecule has 0 aliphatic heterocycles. The highest BCUT2D eigenvalue weighted by molar-refractivity contribution is 6.37. The Balaban J connectivity index is 0.000000199. The average Bonchev–Trinajstić information content (AvgIpc) is 3.70. The number of hydrogen-bond donors (Lipinski definition) is 0. The number of allylic oxidation sites excluding steroid dienone is 8. The topological polar surface area (TPSA) is 197 Å². The molecule has 0 saturated heterocycles. The maximum absolute atomic E-state index is 13.9. The smallest absolute Gasteiger partial charge is 0.336 e. The Hall–Kier alpha value is -7.98. The zero-order chi connectivity index (χ0) is 46.7. The summed E-state index contributed by atoms with van der Waals surface area (Å²) in [6.45, 7) is 16.8. The fourth-order valence-corrected chi connectivity index (χ4v) is 7.54. The molecule has 1 aromatic carbocycles. The molecule has 0 spiro atoms. The predicted molar refractivity (Wildman–Crippen MR) is 250 cm³/mol. The first-order chi connectivity index (χ1) is 31.2. The lowest BCUT2D eigenvalue weighted by Crippen LogP contribution is -2.40. The number of halogens is 2. The third kappa shape index (κ3) is 8.58. The van der Waals surface area contributed by atoms with Gasteiger partial charge in [-0.25, -0.2) is 18.7 Å². The second-order valence-corrected chi connectivity index (χ2v) is 15.9. The van der Waals surface area contributed by atoms with Crippen molar-refractivity contribution in [2.45, 2.75) is 39.3 Å². The van der Waals surface area contributed by atoms with Gasteiger partial charge in [0, 0.05) is 69.6 Å². The second kappa shape index (κ2) is 18.4. The zero-order valence-corrected chi connectivity index (χ0v) is 36.7. The van der Waals surface area contributed by atoms with Gasteiger partial charge in [-0.15, -0.1) is 0 Å². The third-order valence-electron chi connectivity index (χ3n) is 10.6. The molecular weight excluding hydrogens is 871 g/mol. The molecule has 0 radical (unpaired) electrons. The number of fused-ring (bicyclic) bond motifs is 3. The molecule has 8 rings (SSSR count). The molecule has 6 aromatic heterocycles. The van der Waals surface area contributed by atoms with Crippen LogP contribution in [0.4, 0.5) is 0 Å². The summed E-state index contributed by atoms with van der Waals surface area (Å²) in [5.41, 5.74) is -0.456. The van der Waals surface area contributed by atoms with Crippen LogP contribution in [0.2, 0.25) is 0 Å². The monoisotopic (exact) mass is 908 g/mol. The van der Waals surface area contributed by atoms with Gasteiger partial charge in [0.1, 0.15) is 17.3 Å². The first-order valence-electron chi connectivity index (χ1n) is 19.8. The van der Waals surface area contributed by atoms with Gasteiger partial charge in [-0.1, -0.05) is 73.8 Å². The number of furan rings is 2. The minimum absolute atomic E-state index is 0.0353. The van der Waals surface area contributed by atoms with Crippen LogP contribution >= 0.6 is 23.2 Å². The van der Waals surface area contributed by atoms with Gasteiger partial charge in [-0.05, 0) is 49.6 Å². The molecule has 0 atom stereocenters. The molecule has 0 N–H and O–H groups in total. The summed E-state index contributed by atoms with van der Waals surface area (Å²) < 4.78 is 21.9. The van der Waals surface area contributed by atoms with Gasteiger partial charge < -0.3 is 13.6 Å². The van der Waals surface area contributed by atoms with Gasteiger partial charge in [0.2, 0.25) is 11.2 Å². The van der Waals surface area contributed by atoms with Gasteiger partial charge in [-0.3, -0.25) is 28.7 Å². The van der Waals surface area contributed by atoms with Gasteiger partial charge >= 0.3 is 22.5 Å². The van der Waals surface area contributed by atoms with Crippen LogP contribution in [0.1, 0.15) is 36.3 Å². The molecular formula is C48H38Cl2N8O7. The highest BCUT2D eigenvalue weighted by Crippen LogP contribution is 2.46. The maximum atomic E-state index is 13.9. The number of aromatic nitrogens is 6. The van der Waals surface area contributed by atoms with Crippen LogP contribution in [0.15, 0.2) is 150 Å². The summed E-state index contributed by atoms with van der Waals surface area (Å²) in [5, 5.41) is 20.4. The zero-order valence-electron chi connectivity index (χ0n) is 35.1. The third-order valence-corrected chi connectivity index (χ3v) is 11.0. The molecule has 6 heterocycles. The van der Waals surface area contributed by atoms with E-state index in [-0.39, 0.29) is 69.0 Å². The highest BCUT2D eigenvalue weighted by Gasteiger charge is 2.44. The van der Waals surface area contributed by atoms with Gasteiger partial charge in [0.05, 0.1) is 65.9 Å². The van der Waals surface area contributed by atoms with E-state index in [1.165, 1.54) is 46.9 Å². The molecule has 7 aromatic rings. The van der Waals surface area contributed by atoms with Crippen molar-refractivity contribution in [2.75, 3.05) is 7.11 Å². The summed E-state index contributed by atoms with van der Waals surface area (Å²) in [4.78, 5) is 62.2. The normalized spacial score (nSPS) is 13.1. The van der Waals surface area contributed by atoms with E-state index >= 15 is 0 Å². The van der Waals surface area contributed by atoms with Crippen LogP contribution in [-0.4, -0.2) is 35.3 Å². The van der Waals surface area contributed by atoms with Crippen molar-refractivity contribution in [2.24, 2.45) is 5.41 Å². The Bertz CT molecular complexity index is 3540. The van der Waals surface area contributed by atoms with E-state index in [1.807, 2.05) is 6.07 Å². The predicted octanol–water partition coefficient (Wildman–Crippen LogP) is 8.61. The lowest BCUT2D eigenvalue weighted by atomic mass is 10.1. The number of methoxy groups -OCH3 is 1. The van der Waals surface area contributed by atoms with E-state index in [0.29, 0.717) is 40.8 Å². The summed E-state index contributed by atoms with van der Waals surface area (Å²) in [6.07, 6.45) is 13.8. The fraction of sp³-hybridized carbons (Fsp3) is 0.167. The Morgan fingerprint density at radius 1 is 0.831 bits per heavy atom. The first kappa shape index (κ1) is 45.1. The number of pyridine rings is 2. The maximum Gasteiger partial charge on any atom is 0.336 e. The molecule has 0 bridgehead atoms. The van der Waals surface area contributed by atoms with E-state index in [2.05, 4.69) is 42.4 Å². The van der Waals surface area contributed by atoms with Crippen LogP contribution in [0, 0.1) is 35.0 Å². The summed E-state index contributed by atoms with van der Waals surface area (Å²) >= 11 is 12.2. The largest absolute Gasteiger partial charge is 0.497 e. The quantitative estimate of drug-likeness (QED) is 0.100.